The zero-order chi connectivity index (χ0) is 12.1. The Morgan fingerprint density at radius 2 is 2.29 bits per heavy atom. The van der Waals surface area contributed by atoms with Crippen LogP contribution in [0.15, 0.2) is 36.7 Å². The number of halogens is 1. The first-order chi connectivity index (χ1) is 8.29. The van der Waals surface area contributed by atoms with Gasteiger partial charge in [-0.3, -0.25) is 0 Å². The summed E-state index contributed by atoms with van der Waals surface area (Å²) in [6.45, 7) is 4.35. The van der Waals surface area contributed by atoms with Gasteiger partial charge in [0, 0.05) is 18.9 Å². The smallest absolute Gasteiger partial charge is 0.123 e. The monoisotopic (exact) mass is 233 g/mol. The molecule has 2 aromatic rings. The van der Waals surface area contributed by atoms with Crippen molar-refractivity contribution >= 4 is 0 Å². The molecule has 3 nitrogen and oxygen atoms in total. The molecule has 0 fully saturated rings. The normalized spacial score (nSPS) is 10.7. The van der Waals surface area contributed by atoms with E-state index in [0.717, 1.165) is 24.5 Å². The van der Waals surface area contributed by atoms with Crippen LogP contribution in [0.25, 0.3) is 0 Å². The zero-order valence-electron chi connectivity index (χ0n) is 9.86. The number of nitrogens with one attached hydrogen (secondary N) is 1. The molecule has 0 aliphatic rings. The van der Waals surface area contributed by atoms with Crippen molar-refractivity contribution in [3.63, 3.8) is 0 Å². The van der Waals surface area contributed by atoms with Crippen LogP contribution in [0.1, 0.15) is 18.3 Å². The van der Waals surface area contributed by atoms with Crippen molar-refractivity contribution in [1.29, 1.82) is 0 Å². The second kappa shape index (κ2) is 5.59. The standard InChI is InChI=1S/C13H16FN3/c1-2-15-9-13-16-6-7-17(13)10-11-4-3-5-12(14)8-11/h3-8,15H,2,9-10H2,1H3. The highest BCUT2D eigenvalue weighted by Crippen LogP contribution is 2.07. The summed E-state index contributed by atoms with van der Waals surface area (Å²) in [5.41, 5.74) is 0.945. The van der Waals surface area contributed by atoms with E-state index in [0.29, 0.717) is 6.54 Å². The van der Waals surface area contributed by atoms with E-state index in [4.69, 9.17) is 0 Å². The number of aromatic nitrogens is 2. The molecule has 0 radical (unpaired) electrons. The van der Waals surface area contributed by atoms with Crippen LogP contribution >= 0.6 is 0 Å². The second-order valence-electron chi connectivity index (χ2n) is 3.88. The number of nitrogens with zero attached hydrogens (tertiary/aromatic N) is 2. The fourth-order valence-corrected chi connectivity index (χ4v) is 1.72. The van der Waals surface area contributed by atoms with Gasteiger partial charge in [0.2, 0.25) is 0 Å². The highest BCUT2D eigenvalue weighted by Gasteiger charge is 2.03. The quantitative estimate of drug-likeness (QED) is 0.857. The lowest BCUT2D eigenvalue weighted by Crippen LogP contribution is -2.16. The third-order valence-corrected chi connectivity index (χ3v) is 2.58. The summed E-state index contributed by atoms with van der Waals surface area (Å²) in [4.78, 5) is 4.28. The van der Waals surface area contributed by atoms with Crippen LogP contribution in [0.2, 0.25) is 0 Å². The van der Waals surface area contributed by atoms with E-state index >= 15 is 0 Å². The Kier molecular flexibility index (Phi) is 3.88. The summed E-state index contributed by atoms with van der Waals surface area (Å²) in [5.74, 6) is 0.770. The largest absolute Gasteiger partial charge is 0.329 e. The molecule has 0 saturated carbocycles. The van der Waals surface area contributed by atoms with Crippen LogP contribution in [0.3, 0.4) is 0 Å². The Morgan fingerprint density at radius 3 is 3.06 bits per heavy atom. The highest BCUT2D eigenvalue weighted by molar-refractivity contribution is 5.17. The number of hydrogen-bond donors (Lipinski definition) is 1. The van der Waals surface area contributed by atoms with E-state index in [2.05, 4.69) is 17.2 Å². The lowest BCUT2D eigenvalue weighted by molar-refractivity contribution is 0.616. The van der Waals surface area contributed by atoms with Gasteiger partial charge in [-0.1, -0.05) is 19.1 Å². The predicted molar refractivity (Wildman–Crippen MR) is 65.1 cm³/mol. The molecule has 0 amide bonds. The molecule has 4 heteroatoms. The van der Waals surface area contributed by atoms with Crippen LogP contribution in [0.4, 0.5) is 4.39 Å². The van der Waals surface area contributed by atoms with Crippen molar-refractivity contribution in [1.82, 2.24) is 14.9 Å². The maximum Gasteiger partial charge on any atom is 0.123 e. The maximum absolute atomic E-state index is 13.1. The fourth-order valence-electron chi connectivity index (χ4n) is 1.72. The van der Waals surface area contributed by atoms with E-state index in [-0.39, 0.29) is 5.82 Å². The molecule has 17 heavy (non-hydrogen) atoms. The molecule has 1 heterocycles. The first kappa shape index (κ1) is 11.8. The molecule has 0 aliphatic heterocycles. The van der Waals surface area contributed by atoms with Gasteiger partial charge in [0.25, 0.3) is 0 Å². The van der Waals surface area contributed by atoms with Crippen LogP contribution in [0.5, 0.6) is 0 Å². The minimum absolute atomic E-state index is 0.198. The van der Waals surface area contributed by atoms with Gasteiger partial charge < -0.3 is 9.88 Å². The Bertz CT molecular complexity index is 479. The summed E-state index contributed by atoms with van der Waals surface area (Å²) >= 11 is 0. The van der Waals surface area contributed by atoms with Crippen LogP contribution in [0, 0.1) is 5.82 Å². The first-order valence-electron chi connectivity index (χ1n) is 5.74. The van der Waals surface area contributed by atoms with Gasteiger partial charge in [0.15, 0.2) is 0 Å². The molecule has 2 rings (SSSR count). The van der Waals surface area contributed by atoms with Gasteiger partial charge in [-0.15, -0.1) is 0 Å². The Balaban J connectivity index is 2.10. The molecule has 90 valence electrons. The molecule has 0 atom stereocenters. The average Bonchev–Trinajstić information content (AvgIpc) is 2.74. The van der Waals surface area contributed by atoms with Crippen molar-refractivity contribution in [3.8, 4) is 0 Å². The van der Waals surface area contributed by atoms with Gasteiger partial charge in [0.1, 0.15) is 11.6 Å². The molecule has 0 aliphatic carbocycles. The van der Waals surface area contributed by atoms with E-state index in [9.17, 15) is 4.39 Å². The van der Waals surface area contributed by atoms with Gasteiger partial charge in [-0.05, 0) is 24.2 Å². The number of rotatable bonds is 5. The zero-order valence-corrected chi connectivity index (χ0v) is 9.86. The van der Waals surface area contributed by atoms with Crippen molar-refractivity contribution in [3.05, 3.63) is 53.9 Å². The van der Waals surface area contributed by atoms with Crippen LogP contribution in [-0.2, 0) is 13.1 Å². The second-order valence-corrected chi connectivity index (χ2v) is 3.88. The van der Waals surface area contributed by atoms with Gasteiger partial charge in [-0.2, -0.15) is 0 Å². The summed E-state index contributed by atoms with van der Waals surface area (Å²) in [5, 5.41) is 3.23. The summed E-state index contributed by atoms with van der Waals surface area (Å²) in [7, 11) is 0. The van der Waals surface area contributed by atoms with E-state index in [1.54, 1.807) is 18.3 Å². The van der Waals surface area contributed by atoms with Crippen molar-refractivity contribution in [2.75, 3.05) is 6.54 Å². The maximum atomic E-state index is 13.1. The van der Waals surface area contributed by atoms with E-state index in [1.165, 1.54) is 6.07 Å². The average molecular weight is 233 g/mol. The molecule has 0 saturated heterocycles. The van der Waals surface area contributed by atoms with Crippen LogP contribution < -0.4 is 5.32 Å². The minimum atomic E-state index is -0.198. The topological polar surface area (TPSA) is 29.9 Å². The Labute approximate surface area is 100 Å². The molecular formula is C13H16FN3. The summed E-state index contributed by atoms with van der Waals surface area (Å²) in [6.07, 6.45) is 3.68. The van der Waals surface area contributed by atoms with E-state index < -0.39 is 0 Å². The lowest BCUT2D eigenvalue weighted by Gasteiger charge is -2.08. The third-order valence-electron chi connectivity index (χ3n) is 2.58. The number of imidazole rings is 1. The molecule has 1 aromatic carbocycles. The van der Waals surface area contributed by atoms with Crippen molar-refractivity contribution < 1.29 is 4.39 Å². The van der Waals surface area contributed by atoms with Gasteiger partial charge in [-0.25, -0.2) is 9.37 Å². The van der Waals surface area contributed by atoms with Gasteiger partial charge >= 0.3 is 0 Å². The Hall–Kier alpha value is -1.68. The molecule has 0 spiro atoms. The first-order valence-corrected chi connectivity index (χ1v) is 5.74. The highest BCUT2D eigenvalue weighted by atomic mass is 19.1. The third kappa shape index (κ3) is 3.14. The molecule has 0 bridgehead atoms. The van der Waals surface area contributed by atoms with Crippen LogP contribution in [-0.4, -0.2) is 16.1 Å². The molecule has 1 N–H and O–H groups in total. The summed E-state index contributed by atoms with van der Waals surface area (Å²) < 4.78 is 15.1. The fraction of sp³-hybridized carbons (Fsp3) is 0.308. The van der Waals surface area contributed by atoms with Gasteiger partial charge in [0.05, 0.1) is 6.54 Å². The van der Waals surface area contributed by atoms with E-state index in [1.807, 2.05) is 16.8 Å². The molecule has 0 unspecified atom stereocenters. The summed E-state index contributed by atoms with van der Waals surface area (Å²) in [6, 6.07) is 6.65. The van der Waals surface area contributed by atoms with Crippen molar-refractivity contribution in [2.45, 2.75) is 20.0 Å². The Morgan fingerprint density at radius 1 is 1.41 bits per heavy atom. The van der Waals surface area contributed by atoms with Crippen molar-refractivity contribution in [2.24, 2.45) is 0 Å². The number of hydrogen-bond acceptors (Lipinski definition) is 2. The number of benzene rings is 1. The molecular weight excluding hydrogens is 217 g/mol. The predicted octanol–water partition coefficient (Wildman–Crippen LogP) is 2.18. The SMILES string of the molecule is CCNCc1nccn1Cc1cccc(F)c1. The molecule has 1 aromatic heterocycles. The minimum Gasteiger partial charge on any atom is -0.329 e. The lowest BCUT2D eigenvalue weighted by atomic mass is 10.2.